The summed E-state index contributed by atoms with van der Waals surface area (Å²) in [5, 5.41) is 4.16. The number of rotatable bonds is 4. The second-order valence-corrected chi connectivity index (χ2v) is 10.6. The van der Waals surface area contributed by atoms with Crippen molar-refractivity contribution in [2.75, 3.05) is 4.90 Å². The van der Waals surface area contributed by atoms with Crippen LogP contribution in [0.5, 0.6) is 0 Å². The molecular formula is C20H18Cl3F3N2O3S. The summed E-state index contributed by atoms with van der Waals surface area (Å²) in [6.07, 6.45) is -3.60. The van der Waals surface area contributed by atoms with Crippen molar-refractivity contribution in [1.82, 2.24) is 0 Å². The highest BCUT2D eigenvalue weighted by atomic mass is 35.5. The molecule has 1 aliphatic carbocycles. The van der Waals surface area contributed by atoms with Crippen molar-refractivity contribution >= 4 is 56.4 Å². The molecule has 2 aromatic carbocycles. The summed E-state index contributed by atoms with van der Waals surface area (Å²) in [6, 6.07) is 5.67. The highest BCUT2D eigenvalue weighted by molar-refractivity contribution is 7.89. The van der Waals surface area contributed by atoms with Crippen molar-refractivity contribution in [2.45, 2.75) is 43.2 Å². The van der Waals surface area contributed by atoms with Crippen molar-refractivity contribution in [3.8, 4) is 0 Å². The minimum Gasteiger partial charge on any atom is -0.303 e. The third kappa shape index (κ3) is 5.51. The average Bonchev–Trinajstić information content (AvgIpc) is 2.67. The van der Waals surface area contributed by atoms with E-state index in [1.54, 1.807) is 0 Å². The maximum atomic E-state index is 13.9. The van der Waals surface area contributed by atoms with E-state index in [1.165, 1.54) is 24.3 Å². The Hall–Kier alpha value is -1.52. The van der Waals surface area contributed by atoms with E-state index in [2.05, 4.69) is 0 Å². The van der Waals surface area contributed by atoms with Crippen LogP contribution in [-0.2, 0) is 16.2 Å². The van der Waals surface area contributed by atoms with E-state index in [1.807, 2.05) is 0 Å². The van der Waals surface area contributed by atoms with Crippen molar-refractivity contribution < 1.29 is 26.4 Å². The number of nitrogens with zero attached hydrogens (tertiary/aromatic N) is 1. The van der Waals surface area contributed by atoms with Crippen LogP contribution in [0.4, 0.5) is 18.9 Å². The summed E-state index contributed by atoms with van der Waals surface area (Å²) in [4.78, 5) is 14.4. The molecule has 0 aliphatic heterocycles. The maximum Gasteiger partial charge on any atom is 0.418 e. The normalized spacial score (nSPS) is 19.6. The summed E-state index contributed by atoms with van der Waals surface area (Å²) in [6.45, 7) is 0. The molecule has 3 rings (SSSR count). The summed E-state index contributed by atoms with van der Waals surface area (Å²) in [5.41, 5.74) is -1.79. The van der Waals surface area contributed by atoms with E-state index in [4.69, 9.17) is 39.9 Å². The van der Waals surface area contributed by atoms with E-state index < -0.39 is 44.6 Å². The molecule has 2 aromatic rings. The number of benzene rings is 2. The van der Waals surface area contributed by atoms with Crippen molar-refractivity contribution in [3.05, 3.63) is 62.6 Å². The van der Waals surface area contributed by atoms with E-state index in [0.29, 0.717) is 18.9 Å². The Kier molecular flexibility index (Phi) is 7.36. The lowest BCUT2D eigenvalue weighted by Crippen LogP contribution is -2.53. The Morgan fingerprint density at radius 2 is 1.56 bits per heavy atom. The smallest absolute Gasteiger partial charge is 0.303 e. The van der Waals surface area contributed by atoms with Crippen LogP contribution in [0, 0.1) is 0 Å². The Morgan fingerprint density at radius 1 is 0.969 bits per heavy atom. The fourth-order valence-corrected chi connectivity index (χ4v) is 5.85. The van der Waals surface area contributed by atoms with Crippen LogP contribution < -0.4 is 10.0 Å². The number of amides is 1. The molecule has 1 aliphatic rings. The fraction of sp³-hybridized carbons (Fsp3) is 0.350. The molecule has 12 heteroatoms. The molecule has 5 nitrogen and oxygen atoms in total. The minimum absolute atomic E-state index is 0.0932. The Balaban J connectivity index is 2.26. The second kappa shape index (κ2) is 9.38. The van der Waals surface area contributed by atoms with Crippen LogP contribution in [0.3, 0.4) is 0 Å². The van der Waals surface area contributed by atoms with E-state index in [0.717, 1.165) is 11.0 Å². The summed E-state index contributed by atoms with van der Waals surface area (Å²) in [5.74, 6) is -0.886. The van der Waals surface area contributed by atoms with Gasteiger partial charge in [0.25, 0.3) is 5.91 Å². The van der Waals surface area contributed by atoms with Gasteiger partial charge in [-0.2, -0.15) is 13.2 Å². The van der Waals surface area contributed by atoms with Crippen LogP contribution in [-0.4, -0.2) is 25.6 Å². The van der Waals surface area contributed by atoms with Gasteiger partial charge in [-0.05, 0) is 49.2 Å². The summed E-state index contributed by atoms with van der Waals surface area (Å²) in [7, 11) is -4.17. The number of alkyl halides is 3. The number of anilines is 1. The SMILES string of the molecule is NS(=O)(=O)C1CCCCC1N(C(=O)c1cc(Cl)cc(Cl)c1)c1ccc(Cl)cc1C(F)(F)F. The topological polar surface area (TPSA) is 80.5 Å². The van der Waals surface area contributed by atoms with Crippen molar-refractivity contribution in [1.29, 1.82) is 0 Å². The standard InChI is InChI=1S/C20H18Cl3F3N2O3S/c21-12-5-6-16(15(10-12)20(24,25)26)28(17-3-1-2-4-18(17)32(27,30)31)19(29)11-7-13(22)9-14(23)8-11/h5-10,17-18H,1-4H2,(H2,27,30,31). The number of halogens is 6. The first-order valence-electron chi connectivity index (χ1n) is 9.47. The van der Waals surface area contributed by atoms with Gasteiger partial charge in [0.15, 0.2) is 0 Å². The fourth-order valence-electron chi connectivity index (χ4n) is 3.96. The van der Waals surface area contributed by atoms with E-state index in [-0.39, 0.29) is 33.5 Å². The van der Waals surface area contributed by atoms with E-state index in [9.17, 15) is 26.4 Å². The van der Waals surface area contributed by atoms with Gasteiger partial charge in [0.1, 0.15) is 0 Å². The first-order valence-corrected chi connectivity index (χ1v) is 12.2. The number of hydrogen-bond acceptors (Lipinski definition) is 3. The van der Waals surface area contributed by atoms with Crippen LogP contribution in [0.1, 0.15) is 41.6 Å². The van der Waals surface area contributed by atoms with Gasteiger partial charge in [0.05, 0.1) is 22.5 Å². The van der Waals surface area contributed by atoms with Crippen LogP contribution in [0.25, 0.3) is 0 Å². The second-order valence-electron chi connectivity index (χ2n) is 7.47. The average molecular weight is 530 g/mol. The predicted molar refractivity (Wildman–Crippen MR) is 119 cm³/mol. The molecule has 32 heavy (non-hydrogen) atoms. The van der Waals surface area contributed by atoms with Crippen LogP contribution in [0.15, 0.2) is 36.4 Å². The van der Waals surface area contributed by atoms with Gasteiger partial charge in [-0.25, -0.2) is 13.6 Å². The Bertz CT molecular complexity index is 1120. The zero-order valence-corrected chi connectivity index (χ0v) is 19.5. The molecular weight excluding hydrogens is 512 g/mol. The zero-order valence-electron chi connectivity index (χ0n) is 16.4. The van der Waals surface area contributed by atoms with Crippen molar-refractivity contribution in [3.63, 3.8) is 0 Å². The first kappa shape index (κ1) is 25.1. The van der Waals surface area contributed by atoms with Gasteiger partial charge in [0.2, 0.25) is 10.0 Å². The van der Waals surface area contributed by atoms with Gasteiger partial charge >= 0.3 is 6.18 Å². The van der Waals surface area contributed by atoms with E-state index >= 15 is 0 Å². The molecule has 0 saturated heterocycles. The van der Waals surface area contributed by atoms with Gasteiger partial charge in [0, 0.05) is 20.6 Å². The molecule has 0 radical (unpaired) electrons. The third-order valence-electron chi connectivity index (χ3n) is 5.27. The molecule has 174 valence electrons. The van der Waals surface area contributed by atoms with Gasteiger partial charge < -0.3 is 4.90 Å². The molecule has 2 unspecified atom stereocenters. The first-order chi connectivity index (χ1) is 14.8. The number of carbonyl (C=O) groups is 1. The molecule has 1 saturated carbocycles. The lowest BCUT2D eigenvalue weighted by atomic mass is 9.92. The maximum absolute atomic E-state index is 13.9. The highest BCUT2D eigenvalue weighted by Crippen LogP contribution is 2.42. The number of sulfonamides is 1. The number of nitrogens with two attached hydrogens (primary N) is 1. The zero-order chi connectivity index (χ0) is 23.8. The van der Waals surface area contributed by atoms with Crippen molar-refractivity contribution in [2.24, 2.45) is 5.14 Å². The minimum atomic E-state index is -4.86. The Labute approximate surface area is 198 Å². The number of carbonyl (C=O) groups excluding carboxylic acids is 1. The number of primary sulfonamides is 1. The number of hydrogen-bond donors (Lipinski definition) is 1. The lowest BCUT2D eigenvalue weighted by Gasteiger charge is -2.40. The molecule has 0 bridgehead atoms. The Morgan fingerprint density at radius 3 is 2.12 bits per heavy atom. The summed E-state index contributed by atoms with van der Waals surface area (Å²) < 4.78 is 66.3. The molecule has 0 heterocycles. The van der Waals surface area contributed by atoms with Gasteiger partial charge in [-0.15, -0.1) is 0 Å². The van der Waals surface area contributed by atoms with Crippen LogP contribution in [0.2, 0.25) is 15.1 Å². The molecule has 0 aromatic heterocycles. The quantitative estimate of drug-likeness (QED) is 0.534. The van der Waals surface area contributed by atoms with Gasteiger partial charge in [-0.3, -0.25) is 4.79 Å². The van der Waals surface area contributed by atoms with Gasteiger partial charge in [-0.1, -0.05) is 47.6 Å². The highest BCUT2D eigenvalue weighted by Gasteiger charge is 2.44. The molecule has 2 atom stereocenters. The van der Waals surface area contributed by atoms with Crippen LogP contribution >= 0.6 is 34.8 Å². The molecule has 2 N–H and O–H groups in total. The predicted octanol–water partition coefficient (Wildman–Crippen LogP) is 5.91. The molecule has 1 amide bonds. The molecule has 0 spiro atoms. The third-order valence-corrected chi connectivity index (χ3v) is 7.34. The summed E-state index contributed by atoms with van der Waals surface area (Å²) >= 11 is 17.8. The largest absolute Gasteiger partial charge is 0.418 e. The lowest BCUT2D eigenvalue weighted by molar-refractivity contribution is -0.137. The molecule has 1 fully saturated rings. The monoisotopic (exact) mass is 528 g/mol.